The lowest BCUT2D eigenvalue weighted by atomic mass is 10.4. The highest BCUT2D eigenvalue weighted by Gasteiger charge is 2.08. The second-order valence-electron chi connectivity index (χ2n) is 3.91. The summed E-state index contributed by atoms with van der Waals surface area (Å²) < 4.78 is 5.00. The molecule has 2 rings (SSSR count). The molecule has 0 saturated heterocycles. The Kier molecular flexibility index (Phi) is 4.68. The van der Waals surface area contributed by atoms with E-state index in [1.54, 1.807) is 13.2 Å². The van der Waals surface area contributed by atoms with E-state index in [-0.39, 0.29) is 0 Å². The smallest absolute Gasteiger partial charge is 0.194 e. The zero-order chi connectivity index (χ0) is 13.8. The fourth-order valence-electron chi connectivity index (χ4n) is 1.52. The van der Waals surface area contributed by atoms with Gasteiger partial charge in [0.1, 0.15) is 16.8 Å². The largest absolute Gasteiger partial charge is 0.377 e. The third kappa shape index (κ3) is 4.12. The molecular formula is C12H13ClN4OS. The molecule has 0 saturated carbocycles. The summed E-state index contributed by atoms with van der Waals surface area (Å²) in [6, 6.07) is 3.61. The van der Waals surface area contributed by atoms with E-state index in [4.69, 9.17) is 16.3 Å². The topological polar surface area (TPSA) is 60.8 Å². The third-order valence-corrected chi connectivity index (χ3v) is 3.13. The fourth-order valence-corrected chi connectivity index (χ4v) is 2.67. The van der Waals surface area contributed by atoms with Gasteiger partial charge in [-0.05, 0) is 31.7 Å². The lowest BCUT2D eigenvalue weighted by Crippen LogP contribution is -1.99. The number of hydrogen-bond acceptors (Lipinski definition) is 6. The van der Waals surface area contributed by atoms with Crippen molar-refractivity contribution in [1.29, 1.82) is 0 Å². The molecule has 0 unspecified atom stereocenters. The van der Waals surface area contributed by atoms with Crippen molar-refractivity contribution >= 4 is 23.4 Å². The minimum absolute atomic E-state index is 0.321. The molecule has 0 aromatic carbocycles. The Hall–Kier alpha value is -1.24. The molecule has 0 aliphatic rings. The van der Waals surface area contributed by atoms with Gasteiger partial charge in [-0.15, -0.1) is 0 Å². The second kappa shape index (κ2) is 6.27. The first-order chi connectivity index (χ1) is 9.06. The molecule has 5 nitrogen and oxygen atoms in total. The molecule has 19 heavy (non-hydrogen) atoms. The molecular weight excluding hydrogens is 284 g/mol. The molecule has 0 atom stereocenters. The SMILES string of the molecule is COCc1nc(Cl)cc(Sc2nc(C)cc(C)n2)n1. The van der Waals surface area contributed by atoms with Crippen LogP contribution in [0.3, 0.4) is 0 Å². The molecule has 0 amide bonds. The lowest BCUT2D eigenvalue weighted by molar-refractivity contribution is 0.177. The van der Waals surface area contributed by atoms with Crippen LogP contribution >= 0.6 is 23.4 Å². The highest BCUT2D eigenvalue weighted by Crippen LogP contribution is 2.25. The van der Waals surface area contributed by atoms with Gasteiger partial charge in [-0.25, -0.2) is 19.9 Å². The van der Waals surface area contributed by atoms with E-state index >= 15 is 0 Å². The van der Waals surface area contributed by atoms with Crippen LogP contribution < -0.4 is 0 Å². The normalized spacial score (nSPS) is 10.7. The number of hydrogen-bond donors (Lipinski definition) is 0. The van der Waals surface area contributed by atoms with Gasteiger partial charge in [-0.1, -0.05) is 11.6 Å². The maximum atomic E-state index is 5.95. The predicted molar refractivity (Wildman–Crippen MR) is 73.4 cm³/mol. The Balaban J connectivity index is 2.27. The van der Waals surface area contributed by atoms with Crippen molar-refractivity contribution in [2.75, 3.05) is 7.11 Å². The Bertz CT molecular complexity index is 574. The molecule has 7 heteroatoms. The first-order valence-corrected chi connectivity index (χ1v) is 6.79. The van der Waals surface area contributed by atoms with Crippen LogP contribution in [0.2, 0.25) is 5.15 Å². The molecule has 2 aromatic rings. The Morgan fingerprint density at radius 1 is 1.11 bits per heavy atom. The Labute approximate surface area is 120 Å². The van der Waals surface area contributed by atoms with E-state index in [1.165, 1.54) is 11.8 Å². The van der Waals surface area contributed by atoms with E-state index in [2.05, 4.69) is 19.9 Å². The molecule has 0 radical (unpaired) electrons. The summed E-state index contributed by atoms with van der Waals surface area (Å²) >= 11 is 7.31. The van der Waals surface area contributed by atoms with Crippen molar-refractivity contribution in [1.82, 2.24) is 19.9 Å². The maximum Gasteiger partial charge on any atom is 0.194 e. The molecule has 0 aliphatic heterocycles. The average molecular weight is 297 g/mol. The molecule has 0 bridgehead atoms. The molecule has 0 spiro atoms. The predicted octanol–water partition coefficient (Wildman–Crippen LogP) is 2.83. The number of aromatic nitrogens is 4. The van der Waals surface area contributed by atoms with Crippen molar-refractivity contribution in [2.24, 2.45) is 0 Å². The third-order valence-electron chi connectivity index (χ3n) is 2.15. The molecule has 0 fully saturated rings. The summed E-state index contributed by atoms with van der Waals surface area (Å²) in [5, 5.41) is 1.74. The van der Waals surface area contributed by atoms with Crippen molar-refractivity contribution in [2.45, 2.75) is 30.6 Å². The number of halogens is 1. The highest BCUT2D eigenvalue weighted by atomic mass is 35.5. The van der Waals surface area contributed by atoms with Crippen LogP contribution in [0.25, 0.3) is 0 Å². The Morgan fingerprint density at radius 3 is 2.42 bits per heavy atom. The van der Waals surface area contributed by atoms with Gasteiger partial charge < -0.3 is 4.74 Å². The fraction of sp³-hybridized carbons (Fsp3) is 0.333. The van der Waals surface area contributed by atoms with Crippen molar-refractivity contribution < 1.29 is 4.74 Å². The lowest BCUT2D eigenvalue weighted by Gasteiger charge is -2.05. The summed E-state index contributed by atoms with van der Waals surface area (Å²) in [6.45, 7) is 4.19. The first kappa shape index (κ1) is 14.2. The van der Waals surface area contributed by atoms with Crippen LogP contribution in [0.15, 0.2) is 22.3 Å². The summed E-state index contributed by atoms with van der Waals surface area (Å²) in [4.78, 5) is 17.1. The van der Waals surface area contributed by atoms with Gasteiger partial charge in [0, 0.05) is 24.6 Å². The van der Waals surface area contributed by atoms with Crippen LogP contribution in [-0.4, -0.2) is 27.0 Å². The summed E-state index contributed by atoms with van der Waals surface area (Å²) in [5.74, 6) is 0.543. The van der Waals surface area contributed by atoms with Crippen molar-refractivity contribution in [3.05, 3.63) is 34.5 Å². The number of aryl methyl sites for hydroxylation is 2. The molecule has 2 heterocycles. The zero-order valence-corrected chi connectivity index (χ0v) is 12.4. The van der Waals surface area contributed by atoms with Gasteiger partial charge >= 0.3 is 0 Å². The summed E-state index contributed by atoms with van der Waals surface area (Å²) in [6.07, 6.45) is 0. The van der Waals surface area contributed by atoms with E-state index in [9.17, 15) is 0 Å². The van der Waals surface area contributed by atoms with Crippen LogP contribution in [0.1, 0.15) is 17.2 Å². The zero-order valence-electron chi connectivity index (χ0n) is 10.8. The summed E-state index contributed by atoms with van der Waals surface area (Å²) in [5.41, 5.74) is 1.85. The molecule has 2 aromatic heterocycles. The monoisotopic (exact) mass is 296 g/mol. The summed E-state index contributed by atoms with van der Waals surface area (Å²) in [7, 11) is 1.59. The van der Waals surface area contributed by atoms with Gasteiger partial charge in [-0.2, -0.15) is 0 Å². The number of nitrogens with zero attached hydrogens (tertiary/aromatic N) is 4. The van der Waals surface area contributed by atoms with Gasteiger partial charge in [-0.3, -0.25) is 0 Å². The number of rotatable bonds is 4. The van der Waals surface area contributed by atoms with Gasteiger partial charge in [0.2, 0.25) is 0 Å². The van der Waals surface area contributed by atoms with Crippen LogP contribution in [0.4, 0.5) is 0 Å². The number of ether oxygens (including phenoxy) is 1. The second-order valence-corrected chi connectivity index (χ2v) is 5.29. The van der Waals surface area contributed by atoms with E-state index < -0.39 is 0 Å². The van der Waals surface area contributed by atoms with Gasteiger partial charge in [0.05, 0.1) is 0 Å². The maximum absolute atomic E-state index is 5.95. The van der Waals surface area contributed by atoms with Crippen molar-refractivity contribution in [3.63, 3.8) is 0 Å². The number of methoxy groups -OCH3 is 1. The average Bonchev–Trinajstić information content (AvgIpc) is 2.26. The van der Waals surface area contributed by atoms with Gasteiger partial charge in [0.25, 0.3) is 0 Å². The molecule has 0 N–H and O–H groups in total. The quantitative estimate of drug-likeness (QED) is 0.639. The standard InChI is InChI=1S/C12H13ClN4OS/c1-7-4-8(2)15-12(14-7)19-11-5-9(13)16-10(17-11)6-18-3/h4-5H,6H2,1-3H3. The van der Waals surface area contributed by atoms with Crippen LogP contribution in [-0.2, 0) is 11.3 Å². The van der Waals surface area contributed by atoms with Crippen molar-refractivity contribution in [3.8, 4) is 0 Å². The minimum Gasteiger partial charge on any atom is -0.377 e. The molecule has 100 valence electrons. The highest BCUT2D eigenvalue weighted by molar-refractivity contribution is 7.99. The van der Waals surface area contributed by atoms with Crippen LogP contribution in [0.5, 0.6) is 0 Å². The minimum atomic E-state index is 0.321. The van der Waals surface area contributed by atoms with E-state index in [0.29, 0.717) is 27.8 Å². The molecule has 0 aliphatic carbocycles. The van der Waals surface area contributed by atoms with Gasteiger partial charge in [0.15, 0.2) is 11.0 Å². The van der Waals surface area contributed by atoms with E-state index in [0.717, 1.165) is 11.4 Å². The van der Waals surface area contributed by atoms with E-state index in [1.807, 2.05) is 19.9 Å². The first-order valence-electron chi connectivity index (χ1n) is 5.59. The Morgan fingerprint density at radius 2 is 1.79 bits per heavy atom. The van der Waals surface area contributed by atoms with Crippen LogP contribution in [0, 0.1) is 13.8 Å².